The summed E-state index contributed by atoms with van der Waals surface area (Å²) in [4.78, 5) is 20.0. The van der Waals surface area contributed by atoms with Crippen molar-refractivity contribution in [1.82, 2.24) is 29.5 Å². The van der Waals surface area contributed by atoms with Crippen LogP contribution in [0.3, 0.4) is 0 Å². The first kappa shape index (κ1) is 31.3. The molecule has 6 nitrogen and oxygen atoms in total. The van der Waals surface area contributed by atoms with E-state index < -0.39 is 0 Å². The second-order valence-corrected chi connectivity index (χ2v) is 9.12. The summed E-state index contributed by atoms with van der Waals surface area (Å²) >= 11 is 5.50. The van der Waals surface area contributed by atoms with E-state index in [0.717, 1.165) is 36.6 Å². The summed E-state index contributed by atoms with van der Waals surface area (Å²) in [6, 6.07) is 7.89. The Morgan fingerprint density at radius 1 is 0.861 bits per heavy atom. The number of aromatic amines is 1. The number of aryl methyl sites for hydroxylation is 2. The molecule has 0 fully saturated rings. The fraction of sp³-hybridized carbons (Fsp3) is 0.429. The van der Waals surface area contributed by atoms with E-state index in [0.29, 0.717) is 17.7 Å². The summed E-state index contributed by atoms with van der Waals surface area (Å²) < 4.78 is 2.24. The van der Waals surface area contributed by atoms with Crippen LogP contribution in [0.5, 0.6) is 0 Å². The van der Waals surface area contributed by atoms with Crippen molar-refractivity contribution in [2.45, 2.75) is 78.6 Å². The summed E-state index contributed by atoms with van der Waals surface area (Å²) in [5.41, 5.74) is 4.79. The van der Waals surface area contributed by atoms with Crippen molar-refractivity contribution in [3.05, 3.63) is 95.6 Å². The van der Waals surface area contributed by atoms with Crippen LogP contribution in [0.1, 0.15) is 87.5 Å². The highest BCUT2D eigenvalue weighted by molar-refractivity contribution is 6.17. The number of nitrogens with one attached hydrogen (secondary N) is 1. The normalized spacial score (nSPS) is 10.2. The van der Waals surface area contributed by atoms with Crippen LogP contribution in [-0.2, 0) is 25.3 Å². The summed E-state index contributed by atoms with van der Waals surface area (Å²) in [6.45, 7) is 13.8. The Morgan fingerprint density at radius 2 is 1.44 bits per heavy atom. The summed E-state index contributed by atoms with van der Waals surface area (Å²) in [5.74, 6) is 3.86. The maximum Gasteiger partial charge on any atom is 0.109 e. The Bertz CT molecular complexity index is 1090. The first-order chi connectivity index (χ1) is 16.9. The molecule has 0 radical (unpaired) electrons. The number of rotatable bonds is 7. The van der Waals surface area contributed by atoms with Gasteiger partial charge in [0.05, 0.1) is 5.69 Å². The number of nitrogens with zero attached hydrogens (tertiary/aromatic N) is 5. The lowest BCUT2D eigenvalue weighted by molar-refractivity contribution is 0.731. The minimum absolute atomic E-state index is 0. The fourth-order valence-electron chi connectivity index (χ4n) is 3.18. The minimum Gasteiger partial charge on any atom is -0.346 e. The number of imidazole rings is 2. The van der Waals surface area contributed by atoms with E-state index >= 15 is 0 Å². The van der Waals surface area contributed by atoms with Crippen LogP contribution in [-0.4, -0.2) is 29.5 Å². The SMILES string of the molecule is CCc1nc(C(C)C)cn1Cc1ccncc1.CCc1ncc(C(C)C)[nH]1.Cl.ClCc1ccncc1. The summed E-state index contributed by atoms with van der Waals surface area (Å²) in [5, 5.41) is 0. The molecule has 0 unspecified atom stereocenters. The van der Waals surface area contributed by atoms with Gasteiger partial charge in [0, 0.05) is 68.1 Å². The lowest BCUT2D eigenvalue weighted by Gasteiger charge is -2.05. The van der Waals surface area contributed by atoms with Gasteiger partial charge in [0.2, 0.25) is 0 Å². The molecule has 0 atom stereocenters. The molecule has 0 spiro atoms. The Labute approximate surface area is 227 Å². The van der Waals surface area contributed by atoms with E-state index in [9.17, 15) is 0 Å². The van der Waals surface area contributed by atoms with Gasteiger partial charge in [0.1, 0.15) is 11.6 Å². The number of aromatic nitrogens is 6. The van der Waals surface area contributed by atoms with Gasteiger partial charge in [-0.3, -0.25) is 9.97 Å². The van der Waals surface area contributed by atoms with Gasteiger partial charge in [-0.2, -0.15) is 0 Å². The van der Waals surface area contributed by atoms with Crippen LogP contribution >= 0.6 is 24.0 Å². The van der Waals surface area contributed by atoms with Crippen LogP contribution in [0.4, 0.5) is 0 Å². The van der Waals surface area contributed by atoms with Crippen LogP contribution in [0.2, 0.25) is 0 Å². The van der Waals surface area contributed by atoms with Crippen LogP contribution in [0, 0.1) is 0 Å². The van der Waals surface area contributed by atoms with Gasteiger partial charge in [0.15, 0.2) is 0 Å². The van der Waals surface area contributed by atoms with E-state index in [1.807, 2.05) is 30.7 Å². The molecule has 4 rings (SSSR count). The van der Waals surface area contributed by atoms with Gasteiger partial charge in [-0.1, -0.05) is 41.5 Å². The molecule has 0 amide bonds. The molecule has 196 valence electrons. The van der Waals surface area contributed by atoms with Crippen molar-refractivity contribution < 1.29 is 0 Å². The molecule has 4 heterocycles. The van der Waals surface area contributed by atoms with Crippen LogP contribution < -0.4 is 0 Å². The molecule has 0 bridgehead atoms. The third kappa shape index (κ3) is 10.5. The standard InChI is InChI=1S/C14H19N3.C8H14N2.C6H6ClN.ClH/c1-4-14-16-13(11(2)3)10-17(14)9-12-5-7-15-8-6-12;1-4-8-9-5-7(10-8)6(2)3;7-5-6-1-3-8-4-2-6;/h5-8,10-11H,4,9H2,1-3H3;5-6H,4H2,1-3H3,(H,9,10);1-4H,5H2;1H. The van der Waals surface area contributed by atoms with Crippen LogP contribution in [0.15, 0.2) is 61.4 Å². The number of hydrogen-bond acceptors (Lipinski definition) is 4. The number of hydrogen-bond donors (Lipinski definition) is 1. The van der Waals surface area contributed by atoms with E-state index in [1.165, 1.54) is 17.0 Å². The highest BCUT2D eigenvalue weighted by atomic mass is 35.5. The average Bonchev–Trinajstić information content (AvgIpc) is 3.53. The Hall–Kier alpha value is -2.70. The monoisotopic (exact) mass is 530 g/mol. The maximum atomic E-state index is 5.50. The molecular weight excluding hydrogens is 491 g/mol. The van der Waals surface area contributed by atoms with E-state index in [1.54, 1.807) is 12.4 Å². The highest BCUT2D eigenvalue weighted by Crippen LogP contribution is 2.15. The molecule has 36 heavy (non-hydrogen) atoms. The van der Waals surface area contributed by atoms with Crippen molar-refractivity contribution in [1.29, 1.82) is 0 Å². The van der Waals surface area contributed by atoms with Gasteiger partial charge < -0.3 is 9.55 Å². The summed E-state index contributed by atoms with van der Waals surface area (Å²) in [6.07, 6.45) is 13.2. The fourth-order valence-corrected chi connectivity index (χ4v) is 3.36. The zero-order chi connectivity index (χ0) is 25.6. The predicted molar refractivity (Wildman–Crippen MR) is 152 cm³/mol. The maximum absolute atomic E-state index is 5.50. The first-order valence-corrected chi connectivity index (χ1v) is 12.8. The predicted octanol–water partition coefficient (Wildman–Crippen LogP) is 7.35. The molecule has 4 aromatic rings. The van der Waals surface area contributed by atoms with Crippen molar-refractivity contribution in [2.75, 3.05) is 0 Å². The molecule has 1 N–H and O–H groups in total. The Kier molecular flexibility index (Phi) is 14.7. The topological polar surface area (TPSA) is 72.3 Å². The van der Waals surface area contributed by atoms with E-state index in [2.05, 4.69) is 89.4 Å². The van der Waals surface area contributed by atoms with Crippen molar-refractivity contribution in [3.8, 4) is 0 Å². The van der Waals surface area contributed by atoms with Crippen molar-refractivity contribution >= 4 is 24.0 Å². The van der Waals surface area contributed by atoms with Crippen molar-refractivity contribution in [2.24, 2.45) is 0 Å². The quantitative estimate of drug-likeness (QED) is 0.253. The van der Waals surface area contributed by atoms with Gasteiger partial charge in [-0.15, -0.1) is 24.0 Å². The largest absolute Gasteiger partial charge is 0.346 e. The van der Waals surface area contributed by atoms with Gasteiger partial charge in [-0.05, 0) is 47.2 Å². The van der Waals surface area contributed by atoms with Gasteiger partial charge >= 0.3 is 0 Å². The highest BCUT2D eigenvalue weighted by Gasteiger charge is 2.09. The minimum atomic E-state index is 0. The van der Waals surface area contributed by atoms with E-state index in [-0.39, 0.29) is 12.4 Å². The molecule has 0 saturated carbocycles. The zero-order valence-corrected chi connectivity index (χ0v) is 23.9. The second kappa shape index (κ2) is 16.9. The zero-order valence-electron chi connectivity index (χ0n) is 22.3. The third-order valence-electron chi connectivity index (χ3n) is 5.40. The number of halogens is 2. The first-order valence-electron chi connectivity index (χ1n) is 12.3. The Balaban J connectivity index is 0.000000291. The molecule has 0 saturated heterocycles. The summed E-state index contributed by atoms with van der Waals surface area (Å²) in [7, 11) is 0. The van der Waals surface area contributed by atoms with Crippen molar-refractivity contribution in [3.63, 3.8) is 0 Å². The van der Waals surface area contributed by atoms with Gasteiger partial charge in [-0.25, -0.2) is 9.97 Å². The third-order valence-corrected chi connectivity index (χ3v) is 5.71. The van der Waals surface area contributed by atoms with Gasteiger partial charge in [0.25, 0.3) is 0 Å². The van der Waals surface area contributed by atoms with E-state index in [4.69, 9.17) is 11.6 Å². The molecule has 0 aliphatic carbocycles. The van der Waals surface area contributed by atoms with Crippen LogP contribution in [0.25, 0.3) is 0 Å². The number of pyridine rings is 2. The molecule has 0 aromatic carbocycles. The lowest BCUT2D eigenvalue weighted by atomic mass is 10.2. The molecule has 8 heteroatoms. The molecular formula is C28H40Cl2N6. The number of H-pyrrole nitrogens is 1. The lowest BCUT2D eigenvalue weighted by Crippen LogP contribution is -2.03. The second-order valence-electron chi connectivity index (χ2n) is 8.86. The molecule has 0 aliphatic heterocycles. The number of alkyl halides is 1. The Morgan fingerprint density at radius 3 is 1.83 bits per heavy atom. The smallest absolute Gasteiger partial charge is 0.109 e. The molecule has 0 aliphatic rings. The molecule has 4 aromatic heterocycles. The average molecular weight is 532 g/mol.